The molecule has 1 rings (SSSR count). The molecule has 19 heavy (non-hydrogen) atoms. The number of rotatable bonds is 4. The third-order valence-electron chi connectivity index (χ3n) is 1.74. The maximum Gasteiger partial charge on any atom is 1.00 e. The Morgan fingerprint density at radius 2 is 1.79 bits per heavy atom. The predicted molar refractivity (Wildman–Crippen MR) is 59.7 cm³/mol. The number of hydrogen-bond donors (Lipinski definition) is 3. The van der Waals surface area contributed by atoms with Gasteiger partial charge in [-0.25, -0.2) is 4.79 Å². The fourth-order valence-corrected chi connectivity index (χ4v) is 0.998. The Morgan fingerprint density at radius 1 is 1.26 bits per heavy atom. The van der Waals surface area contributed by atoms with Gasteiger partial charge in [-0.15, -0.1) is 0 Å². The van der Waals surface area contributed by atoms with E-state index in [0.717, 1.165) is 0 Å². The van der Waals surface area contributed by atoms with Gasteiger partial charge in [-0.2, -0.15) is 0 Å². The molecule has 10 heteroatoms. The van der Waals surface area contributed by atoms with Gasteiger partial charge in [0.2, 0.25) is 0 Å². The molecule has 0 aliphatic heterocycles. The van der Waals surface area contributed by atoms with Crippen LogP contribution >= 0.6 is 0 Å². The van der Waals surface area contributed by atoms with Crippen LogP contribution in [0.4, 0.5) is 16.2 Å². The number of carboxylic acids is 1. The Bertz CT molecular complexity index is 450. The summed E-state index contributed by atoms with van der Waals surface area (Å²) in [6, 6.07) is 4.46. The minimum atomic E-state index is -1.16. The van der Waals surface area contributed by atoms with Gasteiger partial charge in [-0.3, -0.25) is 14.9 Å². The van der Waals surface area contributed by atoms with E-state index < -0.39 is 23.5 Å². The quantitative estimate of drug-likeness (QED) is 0.320. The van der Waals surface area contributed by atoms with Gasteiger partial charge in [0, 0.05) is 17.8 Å². The molecule has 9 nitrogen and oxygen atoms in total. The topological polar surface area (TPSA) is 152 Å². The molecule has 0 aliphatic carbocycles. The van der Waals surface area contributed by atoms with Gasteiger partial charge in [-0.1, -0.05) is 0 Å². The molecular formula is C9H10KN3O6. The summed E-state index contributed by atoms with van der Waals surface area (Å²) in [5.41, 5.74) is 0.236. The van der Waals surface area contributed by atoms with Crippen LogP contribution in [0.1, 0.15) is 0 Å². The second-order valence-electron chi connectivity index (χ2n) is 3.01. The molecular weight excluding hydrogens is 285 g/mol. The summed E-state index contributed by atoms with van der Waals surface area (Å²) < 4.78 is 0. The Labute approximate surface area is 150 Å². The summed E-state index contributed by atoms with van der Waals surface area (Å²) >= 11 is 0. The van der Waals surface area contributed by atoms with E-state index >= 15 is 0 Å². The molecule has 0 unspecified atom stereocenters. The normalized spacial score (nSPS) is 8.42. The van der Waals surface area contributed by atoms with Gasteiger partial charge in [0.05, 0.1) is 4.92 Å². The maximum absolute atomic E-state index is 11.1. The Balaban J connectivity index is 0. The van der Waals surface area contributed by atoms with Gasteiger partial charge < -0.3 is 21.2 Å². The van der Waals surface area contributed by atoms with Crippen molar-refractivity contribution < 1.29 is 76.5 Å². The van der Waals surface area contributed by atoms with Crippen LogP contribution in [0.2, 0.25) is 0 Å². The summed E-state index contributed by atoms with van der Waals surface area (Å²) in [6.07, 6.45) is 0. The van der Waals surface area contributed by atoms with E-state index in [4.69, 9.17) is 5.11 Å². The molecule has 1 aromatic rings. The number of carbonyl (C=O) groups excluding carboxylic acids is 1. The minimum Gasteiger partial charge on any atom is -0.870 e. The Kier molecular flexibility index (Phi) is 10.5. The first-order valence-electron chi connectivity index (χ1n) is 4.50. The Hall–Kier alpha value is -1.04. The molecule has 0 atom stereocenters. The zero-order valence-corrected chi connectivity index (χ0v) is 13.1. The number of nitrogens with zero attached hydrogens (tertiary/aromatic N) is 1. The summed E-state index contributed by atoms with van der Waals surface area (Å²) in [5.74, 6) is -1.16. The minimum absolute atomic E-state index is 0. The number of benzene rings is 1. The van der Waals surface area contributed by atoms with E-state index in [0.29, 0.717) is 5.69 Å². The van der Waals surface area contributed by atoms with E-state index in [-0.39, 0.29) is 62.5 Å². The van der Waals surface area contributed by atoms with Crippen molar-refractivity contribution in [3.05, 3.63) is 34.4 Å². The van der Waals surface area contributed by atoms with Gasteiger partial charge >= 0.3 is 63.4 Å². The smallest absolute Gasteiger partial charge is 0.870 e. The molecule has 98 valence electrons. The number of amides is 2. The van der Waals surface area contributed by atoms with Crippen molar-refractivity contribution in [2.75, 3.05) is 11.9 Å². The molecule has 0 radical (unpaired) electrons. The van der Waals surface area contributed by atoms with Crippen LogP contribution in [0.5, 0.6) is 0 Å². The molecule has 0 saturated carbocycles. The number of nitro benzene ring substituents is 1. The summed E-state index contributed by atoms with van der Waals surface area (Å²) in [4.78, 5) is 31.1. The summed E-state index contributed by atoms with van der Waals surface area (Å²) in [7, 11) is 0. The number of anilines is 1. The Morgan fingerprint density at radius 3 is 2.21 bits per heavy atom. The number of carbonyl (C=O) groups is 2. The van der Waals surface area contributed by atoms with Gasteiger partial charge in [0.15, 0.2) is 0 Å². The first-order valence-corrected chi connectivity index (χ1v) is 4.50. The number of carboxylic acid groups (broad SMARTS) is 1. The second-order valence-corrected chi connectivity index (χ2v) is 3.01. The molecule has 2 amide bonds. The third kappa shape index (κ3) is 7.87. The van der Waals surface area contributed by atoms with Crippen LogP contribution in [0.3, 0.4) is 0 Å². The molecule has 4 N–H and O–H groups in total. The molecule has 0 bridgehead atoms. The van der Waals surface area contributed by atoms with Crippen molar-refractivity contribution >= 4 is 23.4 Å². The number of non-ortho nitro benzene ring substituents is 1. The van der Waals surface area contributed by atoms with Gasteiger partial charge in [-0.05, 0) is 12.1 Å². The first kappa shape index (κ1) is 20.3. The van der Waals surface area contributed by atoms with Crippen LogP contribution in [0.15, 0.2) is 24.3 Å². The van der Waals surface area contributed by atoms with E-state index in [1.807, 2.05) is 0 Å². The van der Waals surface area contributed by atoms with E-state index in [1.165, 1.54) is 24.3 Å². The van der Waals surface area contributed by atoms with Crippen molar-refractivity contribution in [2.24, 2.45) is 0 Å². The first-order chi connectivity index (χ1) is 7.99. The fourth-order valence-electron chi connectivity index (χ4n) is 0.998. The standard InChI is InChI=1S/C9H9N3O5.K.H2O/c13-8(14)5-10-9(15)11-6-1-3-7(4-2-6)12(16)17;;/h1-4H,5H2,(H,13,14)(H2,10,11,15);;1H2/q;+1;/p-1. The molecule has 0 spiro atoms. The predicted octanol–water partition coefficient (Wildman–Crippen LogP) is -2.37. The van der Waals surface area contributed by atoms with Crippen molar-refractivity contribution in [3.63, 3.8) is 0 Å². The van der Waals surface area contributed by atoms with E-state index in [9.17, 15) is 19.7 Å². The van der Waals surface area contributed by atoms with E-state index in [2.05, 4.69) is 10.6 Å². The second kappa shape index (κ2) is 9.83. The van der Waals surface area contributed by atoms with Crippen molar-refractivity contribution in [1.29, 1.82) is 0 Å². The zero-order valence-electron chi connectivity index (χ0n) is 9.99. The number of nitro groups is 1. The van der Waals surface area contributed by atoms with Crippen molar-refractivity contribution in [2.45, 2.75) is 0 Å². The van der Waals surface area contributed by atoms with Gasteiger partial charge in [0.25, 0.3) is 5.69 Å². The van der Waals surface area contributed by atoms with Crippen molar-refractivity contribution in [1.82, 2.24) is 5.32 Å². The molecule has 1 aromatic carbocycles. The maximum atomic E-state index is 11.1. The van der Waals surface area contributed by atoms with Crippen LogP contribution < -0.4 is 62.0 Å². The summed E-state index contributed by atoms with van der Waals surface area (Å²) in [5, 5.41) is 23.1. The molecule has 0 fully saturated rings. The number of nitrogens with one attached hydrogen (secondary N) is 2. The molecule has 0 saturated heterocycles. The van der Waals surface area contributed by atoms with E-state index in [1.54, 1.807) is 0 Å². The monoisotopic (exact) mass is 295 g/mol. The number of hydrogen-bond acceptors (Lipinski definition) is 5. The molecule has 0 aromatic heterocycles. The van der Waals surface area contributed by atoms with Crippen LogP contribution in [-0.4, -0.2) is 34.1 Å². The molecule has 0 heterocycles. The average Bonchev–Trinajstić information content (AvgIpc) is 2.27. The summed E-state index contributed by atoms with van der Waals surface area (Å²) in [6.45, 7) is -0.501. The van der Waals surface area contributed by atoms with Crippen molar-refractivity contribution in [3.8, 4) is 0 Å². The molecule has 0 aliphatic rings. The zero-order chi connectivity index (χ0) is 12.8. The van der Waals surface area contributed by atoms with Gasteiger partial charge in [0.1, 0.15) is 6.54 Å². The fraction of sp³-hybridized carbons (Fsp3) is 0.111. The average molecular weight is 295 g/mol. The largest absolute Gasteiger partial charge is 1.00 e. The van der Waals surface area contributed by atoms with Crippen LogP contribution in [0, 0.1) is 10.1 Å². The van der Waals surface area contributed by atoms with Crippen LogP contribution in [-0.2, 0) is 4.79 Å². The number of urea groups is 1. The number of aliphatic carboxylic acids is 1. The van der Waals surface area contributed by atoms with Crippen LogP contribution in [0.25, 0.3) is 0 Å². The SMILES string of the molecule is O=C(O)CNC(=O)Nc1ccc([N+](=O)[O-])cc1.[K+].[OH-]. The third-order valence-corrected chi connectivity index (χ3v) is 1.74.